The van der Waals surface area contributed by atoms with Crippen LogP contribution in [0.25, 0.3) is 5.69 Å². The minimum Gasteiger partial charge on any atom is -0.458 e. The maximum Gasteiger partial charge on any atom is 0.360 e. The Morgan fingerprint density at radius 2 is 2.04 bits per heavy atom. The summed E-state index contributed by atoms with van der Waals surface area (Å²) < 4.78 is 12.3. The number of esters is 1. The first-order chi connectivity index (χ1) is 12.2. The van der Waals surface area contributed by atoms with Gasteiger partial charge in [-0.25, -0.2) is 9.48 Å². The molecule has 1 heterocycles. The molecule has 25 heavy (non-hydrogen) atoms. The molecular weight excluding hydrogens is 342 g/mol. The Balaban J connectivity index is 2.06. The van der Waals surface area contributed by atoms with Gasteiger partial charge in [0.2, 0.25) is 0 Å². The van der Waals surface area contributed by atoms with Crippen molar-refractivity contribution in [1.82, 2.24) is 15.0 Å². The highest BCUT2D eigenvalue weighted by Gasteiger charge is 2.21. The van der Waals surface area contributed by atoms with Crippen LogP contribution >= 0.6 is 11.6 Å². The summed E-state index contributed by atoms with van der Waals surface area (Å²) in [5.41, 5.74) is 1.74. The predicted octanol–water partition coefficient (Wildman–Crippen LogP) is 3.85. The molecule has 0 saturated heterocycles. The van der Waals surface area contributed by atoms with Crippen molar-refractivity contribution in [1.29, 1.82) is 0 Å². The Bertz CT molecular complexity index is 688. The fourth-order valence-electron chi connectivity index (χ4n) is 2.35. The standard InChI is InChI=1S/C18H24ClN3O3/c1-3-5-10-24-11-12-25-18(23)17-16(7-4-2)22(21-20-17)15-9-6-8-14(19)13-15/h6,8-9,13H,3-5,7,10-12H2,1-2H3. The van der Waals surface area contributed by atoms with Gasteiger partial charge in [-0.1, -0.05) is 49.6 Å². The number of hydrogen-bond acceptors (Lipinski definition) is 5. The quantitative estimate of drug-likeness (QED) is 0.472. The highest BCUT2D eigenvalue weighted by molar-refractivity contribution is 6.30. The summed E-state index contributed by atoms with van der Waals surface area (Å²) in [6.07, 6.45) is 3.60. The lowest BCUT2D eigenvalue weighted by molar-refractivity contribution is 0.0307. The van der Waals surface area contributed by atoms with E-state index in [-0.39, 0.29) is 12.3 Å². The summed E-state index contributed by atoms with van der Waals surface area (Å²) in [4.78, 5) is 12.3. The molecule has 2 rings (SSSR count). The van der Waals surface area contributed by atoms with Crippen molar-refractivity contribution in [3.8, 4) is 5.69 Å². The third kappa shape index (κ3) is 5.54. The monoisotopic (exact) mass is 365 g/mol. The van der Waals surface area contributed by atoms with Crippen molar-refractivity contribution in [2.75, 3.05) is 19.8 Å². The van der Waals surface area contributed by atoms with Crippen LogP contribution in [0, 0.1) is 0 Å². The largest absolute Gasteiger partial charge is 0.458 e. The van der Waals surface area contributed by atoms with Gasteiger partial charge in [0.05, 0.1) is 18.0 Å². The van der Waals surface area contributed by atoms with Crippen LogP contribution in [0.2, 0.25) is 5.02 Å². The van der Waals surface area contributed by atoms with Gasteiger partial charge in [0.15, 0.2) is 5.69 Å². The molecule has 0 fully saturated rings. The third-order valence-electron chi connectivity index (χ3n) is 3.60. The summed E-state index contributed by atoms with van der Waals surface area (Å²) in [6, 6.07) is 7.28. The van der Waals surface area contributed by atoms with Gasteiger partial charge in [0.25, 0.3) is 0 Å². The van der Waals surface area contributed by atoms with Gasteiger partial charge in [-0.15, -0.1) is 5.10 Å². The molecule has 0 unspecified atom stereocenters. The molecule has 136 valence electrons. The van der Waals surface area contributed by atoms with E-state index in [0.717, 1.165) is 30.6 Å². The maximum absolute atomic E-state index is 12.3. The van der Waals surface area contributed by atoms with Crippen molar-refractivity contribution >= 4 is 17.6 Å². The molecule has 0 spiro atoms. The van der Waals surface area contributed by atoms with E-state index in [1.807, 2.05) is 19.1 Å². The molecule has 2 aromatic rings. The van der Waals surface area contributed by atoms with Gasteiger partial charge in [0, 0.05) is 11.6 Å². The maximum atomic E-state index is 12.3. The summed E-state index contributed by atoms with van der Waals surface area (Å²) in [6.45, 7) is 5.41. The Kier molecular flexibility index (Phi) is 7.88. The highest BCUT2D eigenvalue weighted by atomic mass is 35.5. The second-order valence-corrected chi connectivity index (χ2v) is 6.06. The lowest BCUT2D eigenvalue weighted by Crippen LogP contribution is -2.14. The van der Waals surface area contributed by atoms with Crippen LogP contribution in [0.1, 0.15) is 49.3 Å². The first-order valence-electron chi connectivity index (χ1n) is 8.62. The average Bonchev–Trinajstić information content (AvgIpc) is 3.02. The predicted molar refractivity (Wildman–Crippen MR) is 96.4 cm³/mol. The smallest absolute Gasteiger partial charge is 0.360 e. The normalized spacial score (nSPS) is 10.8. The Morgan fingerprint density at radius 1 is 1.20 bits per heavy atom. The van der Waals surface area contributed by atoms with Crippen molar-refractivity contribution in [2.45, 2.75) is 39.5 Å². The molecule has 1 aromatic carbocycles. The average molecular weight is 366 g/mol. The van der Waals surface area contributed by atoms with Gasteiger partial charge in [-0.3, -0.25) is 0 Å². The van der Waals surface area contributed by atoms with E-state index in [0.29, 0.717) is 24.7 Å². The van der Waals surface area contributed by atoms with E-state index in [1.54, 1.807) is 16.8 Å². The summed E-state index contributed by atoms with van der Waals surface area (Å²) in [7, 11) is 0. The van der Waals surface area contributed by atoms with Crippen LogP contribution in [0.3, 0.4) is 0 Å². The van der Waals surface area contributed by atoms with E-state index >= 15 is 0 Å². The van der Waals surface area contributed by atoms with Gasteiger partial charge in [-0.05, 0) is 31.0 Å². The highest BCUT2D eigenvalue weighted by Crippen LogP contribution is 2.19. The van der Waals surface area contributed by atoms with Crippen LogP contribution in [-0.4, -0.2) is 40.8 Å². The summed E-state index contributed by atoms with van der Waals surface area (Å²) in [5, 5.41) is 8.74. The minimum atomic E-state index is -0.476. The van der Waals surface area contributed by atoms with E-state index in [2.05, 4.69) is 17.2 Å². The van der Waals surface area contributed by atoms with Gasteiger partial charge in [-0.2, -0.15) is 0 Å². The second-order valence-electron chi connectivity index (χ2n) is 5.63. The van der Waals surface area contributed by atoms with Gasteiger partial charge < -0.3 is 9.47 Å². The topological polar surface area (TPSA) is 66.2 Å². The molecule has 0 radical (unpaired) electrons. The molecule has 0 N–H and O–H groups in total. The molecule has 0 aliphatic heterocycles. The number of ether oxygens (including phenoxy) is 2. The zero-order valence-corrected chi connectivity index (χ0v) is 15.5. The van der Waals surface area contributed by atoms with Crippen LogP contribution < -0.4 is 0 Å². The molecule has 6 nitrogen and oxygen atoms in total. The minimum absolute atomic E-state index is 0.206. The molecular formula is C18H24ClN3O3. The molecule has 0 atom stereocenters. The van der Waals surface area contributed by atoms with E-state index < -0.39 is 5.97 Å². The molecule has 0 aliphatic rings. The first kappa shape index (κ1) is 19.4. The van der Waals surface area contributed by atoms with Crippen LogP contribution in [0.15, 0.2) is 24.3 Å². The number of hydrogen-bond donors (Lipinski definition) is 0. The van der Waals surface area contributed by atoms with E-state index in [9.17, 15) is 4.79 Å². The van der Waals surface area contributed by atoms with Crippen molar-refractivity contribution in [3.05, 3.63) is 40.7 Å². The van der Waals surface area contributed by atoms with Crippen molar-refractivity contribution in [3.63, 3.8) is 0 Å². The second kappa shape index (κ2) is 10.2. The number of aromatic nitrogens is 3. The molecule has 7 heteroatoms. The molecule has 1 aromatic heterocycles. The van der Waals surface area contributed by atoms with Gasteiger partial charge in [0.1, 0.15) is 6.61 Å². The van der Waals surface area contributed by atoms with E-state index in [1.165, 1.54) is 0 Å². The zero-order valence-electron chi connectivity index (χ0n) is 14.7. The number of unbranched alkanes of at least 4 members (excludes halogenated alkanes) is 1. The fourth-order valence-corrected chi connectivity index (χ4v) is 2.53. The Hall–Kier alpha value is -1.92. The SMILES string of the molecule is CCCCOCCOC(=O)c1nnn(-c2cccc(Cl)c2)c1CCC. The van der Waals surface area contributed by atoms with Crippen LogP contribution in [0.4, 0.5) is 0 Å². The van der Waals surface area contributed by atoms with E-state index in [4.69, 9.17) is 21.1 Å². The molecule has 0 amide bonds. The lowest BCUT2D eigenvalue weighted by Gasteiger charge is -2.08. The lowest BCUT2D eigenvalue weighted by atomic mass is 10.2. The Morgan fingerprint density at radius 3 is 2.76 bits per heavy atom. The molecule has 0 aliphatic carbocycles. The van der Waals surface area contributed by atoms with Gasteiger partial charge >= 0.3 is 5.97 Å². The first-order valence-corrected chi connectivity index (χ1v) is 9.00. The van der Waals surface area contributed by atoms with Crippen molar-refractivity contribution in [2.24, 2.45) is 0 Å². The Labute approximate surface area is 153 Å². The number of benzene rings is 1. The zero-order chi connectivity index (χ0) is 18.1. The summed E-state index contributed by atoms with van der Waals surface area (Å²) >= 11 is 6.05. The number of halogens is 1. The third-order valence-corrected chi connectivity index (χ3v) is 3.83. The van der Waals surface area contributed by atoms with Crippen molar-refractivity contribution < 1.29 is 14.3 Å². The van der Waals surface area contributed by atoms with Crippen LogP contribution in [0.5, 0.6) is 0 Å². The number of nitrogens with zero attached hydrogens (tertiary/aromatic N) is 3. The number of carbonyl (C=O) groups excluding carboxylic acids is 1. The van der Waals surface area contributed by atoms with Crippen LogP contribution in [-0.2, 0) is 15.9 Å². The molecule has 0 bridgehead atoms. The summed E-state index contributed by atoms with van der Waals surface area (Å²) in [5.74, 6) is -0.476. The number of carbonyl (C=O) groups is 1. The molecule has 0 saturated carbocycles. The number of rotatable bonds is 10. The fraction of sp³-hybridized carbons (Fsp3) is 0.500.